The molecule has 2 aliphatic rings. The second-order valence-electron chi connectivity index (χ2n) is 4.67. The normalized spacial score (nSPS) is 34.9. The van der Waals surface area contributed by atoms with Crippen LogP contribution in [0.25, 0.3) is 0 Å². The van der Waals surface area contributed by atoms with Gasteiger partial charge >= 0.3 is 0 Å². The average molecular weight is 199 g/mol. The Hall–Kier alpha value is -0.120. The Balaban J connectivity index is 1.70. The molecule has 0 aromatic heterocycles. The molecule has 2 heterocycles. The van der Waals surface area contributed by atoms with E-state index in [4.69, 9.17) is 9.47 Å². The Morgan fingerprint density at radius 2 is 2.07 bits per heavy atom. The molecule has 2 fully saturated rings. The van der Waals surface area contributed by atoms with Crippen LogP contribution < -0.4 is 5.32 Å². The maximum atomic E-state index is 5.74. The summed E-state index contributed by atoms with van der Waals surface area (Å²) in [4.78, 5) is 0. The van der Waals surface area contributed by atoms with Gasteiger partial charge in [0.1, 0.15) is 0 Å². The highest BCUT2D eigenvalue weighted by molar-refractivity contribution is 4.84. The van der Waals surface area contributed by atoms with Gasteiger partial charge in [-0.15, -0.1) is 0 Å². The molecule has 2 rings (SSSR count). The van der Waals surface area contributed by atoms with E-state index < -0.39 is 0 Å². The molecular weight excluding hydrogens is 178 g/mol. The van der Waals surface area contributed by atoms with Crippen LogP contribution in [-0.2, 0) is 9.47 Å². The smallest absolute Gasteiger partial charge is 0.0779 e. The molecule has 14 heavy (non-hydrogen) atoms. The van der Waals surface area contributed by atoms with Crippen molar-refractivity contribution >= 4 is 0 Å². The van der Waals surface area contributed by atoms with Gasteiger partial charge in [-0.05, 0) is 32.6 Å². The fourth-order valence-electron chi connectivity index (χ4n) is 2.24. The van der Waals surface area contributed by atoms with Gasteiger partial charge in [0.05, 0.1) is 5.60 Å². The largest absolute Gasteiger partial charge is 0.381 e. The molecule has 0 spiro atoms. The molecule has 2 saturated heterocycles. The molecular formula is C11H21NO2. The van der Waals surface area contributed by atoms with Gasteiger partial charge < -0.3 is 14.8 Å². The van der Waals surface area contributed by atoms with Crippen molar-refractivity contribution in [3.05, 3.63) is 0 Å². The summed E-state index contributed by atoms with van der Waals surface area (Å²) in [6.45, 7) is 5.97. The molecule has 1 N–H and O–H groups in total. The van der Waals surface area contributed by atoms with E-state index in [1.807, 2.05) is 0 Å². The SMILES string of the molecule is CC1(CNC2CCOCC2)CCCO1. The lowest BCUT2D eigenvalue weighted by atomic mass is 10.0. The second-order valence-corrected chi connectivity index (χ2v) is 4.67. The Bertz CT molecular complexity index is 172. The van der Waals surface area contributed by atoms with Crippen LogP contribution in [0.15, 0.2) is 0 Å². The van der Waals surface area contributed by atoms with Gasteiger partial charge in [-0.25, -0.2) is 0 Å². The van der Waals surface area contributed by atoms with Crippen LogP contribution in [0.3, 0.4) is 0 Å². The Morgan fingerprint density at radius 3 is 2.71 bits per heavy atom. The van der Waals surface area contributed by atoms with Crippen molar-refractivity contribution in [2.75, 3.05) is 26.4 Å². The minimum Gasteiger partial charge on any atom is -0.381 e. The molecule has 0 saturated carbocycles. The first-order valence-electron chi connectivity index (χ1n) is 5.74. The first-order chi connectivity index (χ1) is 6.79. The van der Waals surface area contributed by atoms with Gasteiger partial charge in [0.25, 0.3) is 0 Å². The predicted molar refractivity (Wildman–Crippen MR) is 55.4 cm³/mol. The van der Waals surface area contributed by atoms with Crippen molar-refractivity contribution in [2.24, 2.45) is 0 Å². The second kappa shape index (κ2) is 4.60. The van der Waals surface area contributed by atoms with E-state index in [9.17, 15) is 0 Å². The first kappa shape index (κ1) is 10.4. The van der Waals surface area contributed by atoms with Crippen LogP contribution in [0.2, 0.25) is 0 Å². The summed E-state index contributed by atoms with van der Waals surface area (Å²) in [5, 5.41) is 3.60. The molecule has 1 atom stereocenters. The van der Waals surface area contributed by atoms with Crippen LogP contribution >= 0.6 is 0 Å². The van der Waals surface area contributed by atoms with Gasteiger partial charge in [-0.3, -0.25) is 0 Å². The van der Waals surface area contributed by atoms with Crippen LogP contribution in [0.5, 0.6) is 0 Å². The summed E-state index contributed by atoms with van der Waals surface area (Å²) in [6, 6.07) is 0.643. The number of hydrogen-bond donors (Lipinski definition) is 1. The lowest BCUT2D eigenvalue weighted by Crippen LogP contribution is -2.44. The van der Waals surface area contributed by atoms with Gasteiger partial charge in [0, 0.05) is 32.4 Å². The molecule has 82 valence electrons. The molecule has 3 nitrogen and oxygen atoms in total. The third kappa shape index (κ3) is 2.69. The molecule has 3 heteroatoms. The van der Waals surface area contributed by atoms with E-state index >= 15 is 0 Å². The minimum atomic E-state index is 0.0955. The van der Waals surface area contributed by atoms with Crippen molar-refractivity contribution in [1.82, 2.24) is 5.32 Å². The Kier molecular flexibility index (Phi) is 3.42. The summed E-state index contributed by atoms with van der Waals surface area (Å²) in [7, 11) is 0. The number of rotatable bonds is 3. The first-order valence-corrected chi connectivity index (χ1v) is 5.74. The average Bonchev–Trinajstić information content (AvgIpc) is 2.65. The monoisotopic (exact) mass is 199 g/mol. The summed E-state index contributed by atoms with van der Waals surface area (Å²) in [6.07, 6.45) is 4.71. The van der Waals surface area contributed by atoms with E-state index in [0.29, 0.717) is 6.04 Å². The number of nitrogens with one attached hydrogen (secondary N) is 1. The lowest BCUT2D eigenvalue weighted by Gasteiger charge is -2.29. The third-order valence-electron chi connectivity index (χ3n) is 3.29. The summed E-state index contributed by atoms with van der Waals surface area (Å²) in [5.74, 6) is 0. The van der Waals surface area contributed by atoms with Gasteiger partial charge in [0.15, 0.2) is 0 Å². The zero-order chi connectivity index (χ0) is 9.86. The standard InChI is InChI=1S/C11H21NO2/c1-11(5-2-6-14-11)9-12-10-3-7-13-8-4-10/h10,12H,2-9H2,1H3. The lowest BCUT2D eigenvalue weighted by molar-refractivity contribution is 0.0122. The van der Waals surface area contributed by atoms with Crippen LogP contribution in [-0.4, -0.2) is 38.0 Å². The fourth-order valence-corrected chi connectivity index (χ4v) is 2.24. The zero-order valence-electron chi connectivity index (χ0n) is 9.05. The molecule has 1 unspecified atom stereocenters. The molecule has 0 radical (unpaired) electrons. The molecule has 0 aliphatic carbocycles. The molecule has 0 amide bonds. The highest BCUT2D eigenvalue weighted by atomic mass is 16.5. The van der Waals surface area contributed by atoms with Crippen molar-refractivity contribution in [3.8, 4) is 0 Å². The van der Waals surface area contributed by atoms with Crippen molar-refractivity contribution < 1.29 is 9.47 Å². The van der Waals surface area contributed by atoms with Gasteiger partial charge in [0.2, 0.25) is 0 Å². The Labute approximate surface area is 86.2 Å². The molecule has 2 aliphatic heterocycles. The van der Waals surface area contributed by atoms with Crippen molar-refractivity contribution in [3.63, 3.8) is 0 Å². The van der Waals surface area contributed by atoms with E-state index in [-0.39, 0.29) is 5.60 Å². The highest BCUT2D eigenvalue weighted by Crippen LogP contribution is 2.24. The van der Waals surface area contributed by atoms with Crippen LogP contribution in [0.4, 0.5) is 0 Å². The van der Waals surface area contributed by atoms with Crippen LogP contribution in [0, 0.1) is 0 Å². The van der Waals surface area contributed by atoms with Gasteiger partial charge in [-0.2, -0.15) is 0 Å². The van der Waals surface area contributed by atoms with Crippen molar-refractivity contribution in [1.29, 1.82) is 0 Å². The topological polar surface area (TPSA) is 30.5 Å². The Morgan fingerprint density at radius 1 is 1.29 bits per heavy atom. The van der Waals surface area contributed by atoms with E-state index in [1.165, 1.54) is 12.8 Å². The molecule has 0 aromatic carbocycles. The summed E-state index contributed by atoms with van der Waals surface area (Å²) in [5.41, 5.74) is 0.0955. The number of ether oxygens (including phenoxy) is 2. The highest BCUT2D eigenvalue weighted by Gasteiger charge is 2.30. The zero-order valence-corrected chi connectivity index (χ0v) is 9.05. The quantitative estimate of drug-likeness (QED) is 0.743. The summed E-state index contributed by atoms with van der Waals surface area (Å²) < 4.78 is 11.1. The maximum absolute atomic E-state index is 5.74. The number of hydrogen-bond acceptors (Lipinski definition) is 3. The minimum absolute atomic E-state index is 0.0955. The molecule has 0 bridgehead atoms. The van der Waals surface area contributed by atoms with Crippen molar-refractivity contribution in [2.45, 2.75) is 44.2 Å². The van der Waals surface area contributed by atoms with Crippen LogP contribution in [0.1, 0.15) is 32.6 Å². The fraction of sp³-hybridized carbons (Fsp3) is 1.00. The summed E-state index contributed by atoms with van der Waals surface area (Å²) >= 11 is 0. The van der Waals surface area contributed by atoms with E-state index in [2.05, 4.69) is 12.2 Å². The van der Waals surface area contributed by atoms with E-state index in [1.54, 1.807) is 0 Å². The molecule has 0 aromatic rings. The maximum Gasteiger partial charge on any atom is 0.0779 e. The predicted octanol–water partition coefficient (Wildman–Crippen LogP) is 1.32. The van der Waals surface area contributed by atoms with E-state index in [0.717, 1.165) is 39.2 Å². The third-order valence-corrected chi connectivity index (χ3v) is 3.29. The van der Waals surface area contributed by atoms with Gasteiger partial charge in [-0.1, -0.05) is 0 Å².